The molecule has 9 heteroatoms. The predicted octanol–water partition coefficient (Wildman–Crippen LogP) is -0.778. The van der Waals surface area contributed by atoms with Crippen molar-refractivity contribution in [1.29, 1.82) is 0 Å². The third-order valence-corrected chi connectivity index (χ3v) is 4.93. The topological polar surface area (TPSA) is 157 Å². The Balaban J connectivity index is 1.62. The number of rotatable bonds is 6. The number of carbonyl (C=O) groups is 1. The van der Waals surface area contributed by atoms with Crippen molar-refractivity contribution >= 4 is 11.9 Å². The van der Waals surface area contributed by atoms with E-state index < -0.39 is 49.3 Å². The van der Waals surface area contributed by atoms with Crippen LogP contribution in [0.25, 0.3) is 6.08 Å². The quantitative estimate of drug-likeness (QED) is 0.325. The summed E-state index contributed by atoms with van der Waals surface area (Å²) in [6, 6.07) is 6.26. The number of aliphatic hydroxyl groups is 5. The van der Waals surface area contributed by atoms with Gasteiger partial charge in [0.15, 0.2) is 5.78 Å². The lowest BCUT2D eigenvalue weighted by atomic mass is 9.92. The predicted molar refractivity (Wildman–Crippen MR) is 104 cm³/mol. The molecule has 0 bridgehead atoms. The Bertz CT molecular complexity index is 827. The molecule has 0 radical (unpaired) electrons. The number of ketones is 1. The van der Waals surface area contributed by atoms with Gasteiger partial charge in [0, 0.05) is 0 Å². The Morgan fingerprint density at radius 1 is 1.07 bits per heavy atom. The third kappa shape index (κ3) is 4.96. The first-order valence-corrected chi connectivity index (χ1v) is 9.36. The van der Waals surface area contributed by atoms with Crippen LogP contribution in [0.1, 0.15) is 5.56 Å². The first-order valence-electron chi connectivity index (χ1n) is 9.36. The fourth-order valence-corrected chi connectivity index (χ4v) is 3.16. The monoisotopic (exact) mass is 420 g/mol. The number of ether oxygens (including phenoxy) is 2. The third-order valence-electron chi connectivity index (χ3n) is 4.93. The minimum atomic E-state index is -1.58. The number of benzene rings is 1. The Morgan fingerprint density at radius 3 is 2.40 bits per heavy atom. The summed E-state index contributed by atoms with van der Waals surface area (Å²) in [6.45, 7) is -0.591. The summed E-state index contributed by atoms with van der Waals surface area (Å²) in [5.74, 6) is -0.991. The van der Waals surface area contributed by atoms with E-state index >= 15 is 0 Å². The summed E-state index contributed by atoms with van der Waals surface area (Å²) in [5.41, 5.74) is 0.706. The van der Waals surface area contributed by atoms with E-state index in [0.29, 0.717) is 5.56 Å². The Hall–Kier alpha value is -2.53. The van der Waals surface area contributed by atoms with Crippen molar-refractivity contribution in [1.82, 2.24) is 0 Å². The van der Waals surface area contributed by atoms with Gasteiger partial charge in [-0.15, -0.1) is 0 Å². The first-order chi connectivity index (χ1) is 14.3. The second kappa shape index (κ2) is 9.52. The van der Waals surface area contributed by atoms with Gasteiger partial charge >= 0.3 is 0 Å². The fraction of sp³-hybridized carbons (Fsp3) is 0.381. The Labute approximate surface area is 172 Å². The number of hydrogen-bond acceptors (Lipinski definition) is 9. The molecule has 1 aromatic rings. The highest BCUT2D eigenvalue weighted by Gasteiger charge is 2.45. The summed E-state index contributed by atoms with van der Waals surface area (Å²) in [4.78, 5) is 12.4. The van der Waals surface area contributed by atoms with Crippen LogP contribution in [-0.2, 0) is 14.3 Å². The molecule has 1 aliphatic carbocycles. The largest absolute Gasteiger partial charge is 0.508 e. The van der Waals surface area contributed by atoms with E-state index in [0.717, 1.165) is 0 Å². The normalized spacial score (nSPS) is 34.0. The maximum Gasteiger partial charge on any atom is 0.229 e. The van der Waals surface area contributed by atoms with E-state index in [-0.39, 0.29) is 17.3 Å². The maximum atomic E-state index is 12.4. The van der Waals surface area contributed by atoms with Crippen molar-refractivity contribution < 1.29 is 44.9 Å². The zero-order valence-electron chi connectivity index (χ0n) is 15.9. The van der Waals surface area contributed by atoms with Crippen LogP contribution in [0.3, 0.4) is 0 Å². The molecular formula is C21H24O9. The van der Waals surface area contributed by atoms with E-state index in [2.05, 4.69) is 0 Å². The maximum absolute atomic E-state index is 12.4. The molecule has 1 aromatic carbocycles. The van der Waals surface area contributed by atoms with Gasteiger partial charge in [-0.3, -0.25) is 4.79 Å². The van der Waals surface area contributed by atoms with Gasteiger partial charge in [0.25, 0.3) is 0 Å². The van der Waals surface area contributed by atoms with Crippen molar-refractivity contribution in [3.63, 3.8) is 0 Å². The van der Waals surface area contributed by atoms with E-state index in [1.807, 2.05) is 0 Å². The van der Waals surface area contributed by atoms with Crippen LogP contribution >= 0.6 is 0 Å². The number of aromatic hydroxyl groups is 1. The van der Waals surface area contributed by atoms with Crippen LogP contribution in [0, 0.1) is 5.92 Å². The lowest BCUT2D eigenvalue weighted by Crippen LogP contribution is -2.59. The molecule has 0 saturated carbocycles. The van der Waals surface area contributed by atoms with Crippen LogP contribution in [0.2, 0.25) is 0 Å². The highest BCUT2D eigenvalue weighted by molar-refractivity contribution is 5.97. The SMILES string of the molecule is O=C(/C=C/c1ccc(O)cc1)C1C=CC(OC2O[C@H](CO)[C@H](O)[C@H](O)[C@H]2O)=CC1O. The van der Waals surface area contributed by atoms with Crippen LogP contribution in [0.5, 0.6) is 5.75 Å². The Kier molecular flexibility index (Phi) is 7.03. The van der Waals surface area contributed by atoms with Crippen LogP contribution in [0.4, 0.5) is 0 Å². The van der Waals surface area contributed by atoms with E-state index in [4.69, 9.17) is 9.47 Å². The molecule has 0 amide bonds. The molecule has 0 aromatic heterocycles. The zero-order valence-corrected chi connectivity index (χ0v) is 15.9. The summed E-state index contributed by atoms with van der Waals surface area (Å²) in [5, 5.41) is 58.4. The van der Waals surface area contributed by atoms with Gasteiger partial charge in [0.2, 0.25) is 6.29 Å². The summed E-state index contributed by atoms with van der Waals surface area (Å²) in [7, 11) is 0. The number of hydrogen-bond donors (Lipinski definition) is 6. The van der Waals surface area contributed by atoms with E-state index in [1.54, 1.807) is 18.2 Å². The lowest BCUT2D eigenvalue weighted by molar-refractivity contribution is -0.290. The molecular weight excluding hydrogens is 396 g/mol. The molecule has 3 rings (SSSR count). The summed E-state index contributed by atoms with van der Waals surface area (Å²) in [6.07, 6.45) is -1.37. The van der Waals surface area contributed by atoms with Crippen molar-refractivity contribution in [2.75, 3.05) is 6.61 Å². The highest BCUT2D eigenvalue weighted by Crippen LogP contribution is 2.26. The van der Waals surface area contributed by atoms with E-state index in [1.165, 1.54) is 36.4 Å². The molecule has 162 valence electrons. The molecule has 1 saturated heterocycles. The summed E-state index contributed by atoms with van der Waals surface area (Å²) >= 11 is 0. The first kappa shape index (κ1) is 22.2. The van der Waals surface area contributed by atoms with Crippen molar-refractivity contribution in [3.8, 4) is 5.75 Å². The average molecular weight is 420 g/mol. The zero-order chi connectivity index (χ0) is 21.8. The second-order valence-corrected chi connectivity index (χ2v) is 7.09. The molecule has 7 atom stereocenters. The molecule has 30 heavy (non-hydrogen) atoms. The fourth-order valence-electron chi connectivity index (χ4n) is 3.16. The average Bonchev–Trinajstić information content (AvgIpc) is 2.73. The molecule has 1 fully saturated rings. The number of aliphatic hydroxyl groups excluding tert-OH is 5. The highest BCUT2D eigenvalue weighted by atomic mass is 16.7. The number of phenolic OH excluding ortho intramolecular Hbond substituents is 1. The molecule has 2 aliphatic rings. The van der Waals surface area contributed by atoms with Crippen LogP contribution in [0.15, 0.2) is 54.3 Å². The van der Waals surface area contributed by atoms with Crippen LogP contribution in [-0.4, -0.2) is 79.8 Å². The molecule has 0 spiro atoms. The van der Waals surface area contributed by atoms with Gasteiger partial charge in [-0.2, -0.15) is 0 Å². The van der Waals surface area contributed by atoms with Gasteiger partial charge < -0.3 is 40.1 Å². The molecule has 6 N–H and O–H groups in total. The minimum Gasteiger partial charge on any atom is -0.508 e. The van der Waals surface area contributed by atoms with Gasteiger partial charge in [0.1, 0.15) is 35.9 Å². The molecule has 3 unspecified atom stereocenters. The lowest BCUT2D eigenvalue weighted by Gasteiger charge is -2.40. The Morgan fingerprint density at radius 2 is 1.77 bits per heavy atom. The van der Waals surface area contributed by atoms with E-state index in [9.17, 15) is 35.4 Å². The van der Waals surface area contributed by atoms with Gasteiger partial charge in [-0.1, -0.05) is 24.3 Å². The number of phenols is 1. The van der Waals surface area contributed by atoms with Crippen LogP contribution < -0.4 is 0 Å². The minimum absolute atomic E-state index is 0.0957. The van der Waals surface area contributed by atoms with Crippen molar-refractivity contribution in [3.05, 3.63) is 59.9 Å². The smallest absolute Gasteiger partial charge is 0.229 e. The molecule has 1 heterocycles. The van der Waals surface area contributed by atoms with Crippen molar-refractivity contribution in [2.45, 2.75) is 36.8 Å². The summed E-state index contributed by atoms with van der Waals surface area (Å²) < 4.78 is 10.7. The standard InChI is InChI=1S/C21H24O9/c22-10-17-18(26)19(27)20(28)21(30-17)29-13-6-7-14(16(25)9-13)15(24)8-3-11-1-4-12(23)5-2-11/h1-9,14,16-23,25-28H,10H2/b8-3+/t14?,16?,17-,18+,19+,20-,21?/m1/s1. The molecule has 1 aliphatic heterocycles. The van der Waals surface area contributed by atoms with Crippen molar-refractivity contribution in [2.24, 2.45) is 5.92 Å². The molecule has 9 nitrogen and oxygen atoms in total. The number of carbonyl (C=O) groups excluding carboxylic acids is 1. The van der Waals surface area contributed by atoms with Gasteiger partial charge in [-0.25, -0.2) is 0 Å². The van der Waals surface area contributed by atoms with Gasteiger partial charge in [-0.05, 0) is 35.9 Å². The number of allylic oxidation sites excluding steroid dienone is 2. The van der Waals surface area contributed by atoms with Gasteiger partial charge in [0.05, 0.1) is 18.6 Å². The second-order valence-electron chi connectivity index (χ2n) is 7.09.